The molecule has 22 heavy (non-hydrogen) atoms. The molecule has 0 saturated heterocycles. The van der Waals surface area contributed by atoms with E-state index in [1.807, 2.05) is 75.4 Å². The van der Waals surface area contributed by atoms with Crippen molar-refractivity contribution in [2.75, 3.05) is 0 Å². The van der Waals surface area contributed by atoms with Crippen molar-refractivity contribution < 1.29 is 9.78 Å². The summed E-state index contributed by atoms with van der Waals surface area (Å²) >= 11 is 0. The molecule has 0 aliphatic heterocycles. The summed E-state index contributed by atoms with van der Waals surface area (Å²) in [5.41, 5.74) is 2.25. The van der Waals surface area contributed by atoms with Gasteiger partial charge in [0.15, 0.2) is 0 Å². The average Bonchev–Trinajstić information content (AvgIpc) is 2.92. The predicted octanol–water partition coefficient (Wildman–Crippen LogP) is 3.72. The molecule has 2 aromatic carbocycles. The second-order valence-electron chi connectivity index (χ2n) is 6.08. The van der Waals surface area contributed by atoms with Crippen molar-refractivity contribution in [1.29, 1.82) is 0 Å². The van der Waals surface area contributed by atoms with Crippen molar-refractivity contribution in [2.24, 2.45) is 0 Å². The van der Waals surface area contributed by atoms with E-state index < -0.39 is 11.8 Å². The van der Waals surface area contributed by atoms with E-state index in [9.17, 15) is 0 Å². The van der Waals surface area contributed by atoms with Crippen LogP contribution >= 0.6 is 0 Å². The van der Waals surface area contributed by atoms with E-state index in [0.717, 1.165) is 16.6 Å². The number of nitrogens with zero attached hydrogens (tertiary/aromatic N) is 3. The van der Waals surface area contributed by atoms with Gasteiger partial charge in [-0.1, -0.05) is 47.7 Å². The molecule has 0 aliphatic carbocycles. The highest BCUT2D eigenvalue weighted by molar-refractivity contribution is 5.74. The number of hydrogen-bond donors (Lipinski definition) is 0. The van der Waals surface area contributed by atoms with Crippen LogP contribution in [0.15, 0.2) is 54.6 Å². The van der Waals surface area contributed by atoms with Crippen LogP contribution in [-0.4, -0.2) is 20.6 Å². The van der Waals surface area contributed by atoms with Crippen LogP contribution in [0.2, 0.25) is 0 Å². The number of hydrogen-bond acceptors (Lipinski definition) is 4. The standard InChI is InChI=1S/C17H19N3O2/c1-17(2,3)22-21-16(13-9-5-4-6-10-13)20-15-12-8-7-11-14(15)18-19-20/h4-12,16H,1-3H3. The molecular formula is C17H19N3O2. The first-order chi connectivity index (χ1) is 10.5. The molecule has 0 radical (unpaired) electrons. The van der Waals surface area contributed by atoms with Crippen LogP contribution in [-0.2, 0) is 9.78 Å². The Kier molecular flexibility index (Phi) is 3.92. The summed E-state index contributed by atoms with van der Waals surface area (Å²) in [6.45, 7) is 5.82. The SMILES string of the molecule is CC(C)(C)OOC(c1ccccc1)n1nnc2ccccc21. The van der Waals surface area contributed by atoms with Crippen LogP contribution in [0.4, 0.5) is 0 Å². The maximum absolute atomic E-state index is 5.71. The zero-order valence-corrected chi connectivity index (χ0v) is 12.9. The third-order valence-corrected chi connectivity index (χ3v) is 3.07. The molecule has 114 valence electrons. The lowest BCUT2D eigenvalue weighted by molar-refractivity contribution is -0.381. The van der Waals surface area contributed by atoms with Gasteiger partial charge in [0.2, 0.25) is 6.23 Å². The fourth-order valence-corrected chi connectivity index (χ4v) is 2.11. The van der Waals surface area contributed by atoms with Crippen molar-refractivity contribution in [1.82, 2.24) is 15.0 Å². The van der Waals surface area contributed by atoms with E-state index in [-0.39, 0.29) is 0 Å². The van der Waals surface area contributed by atoms with Crippen LogP contribution in [0.1, 0.15) is 32.6 Å². The lowest BCUT2D eigenvalue weighted by atomic mass is 10.2. The summed E-state index contributed by atoms with van der Waals surface area (Å²) in [5, 5.41) is 8.42. The second-order valence-corrected chi connectivity index (χ2v) is 6.08. The van der Waals surface area contributed by atoms with Crippen molar-refractivity contribution in [2.45, 2.75) is 32.6 Å². The summed E-state index contributed by atoms with van der Waals surface area (Å²) in [5.74, 6) is 0. The second kappa shape index (κ2) is 5.87. The van der Waals surface area contributed by atoms with Gasteiger partial charge in [0.25, 0.3) is 0 Å². The van der Waals surface area contributed by atoms with Crippen molar-refractivity contribution in [3.63, 3.8) is 0 Å². The van der Waals surface area contributed by atoms with Gasteiger partial charge in [-0.15, -0.1) is 5.10 Å². The molecular weight excluding hydrogens is 278 g/mol. The van der Waals surface area contributed by atoms with Crippen molar-refractivity contribution in [3.8, 4) is 0 Å². The maximum atomic E-state index is 5.71. The Labute approximate surface area is 129 Å². The van der Waals surface area contributed by atoms with E-state index in [0.29, 0.717) is 0 Å². The minimum atomic E-state index is -0.493. The Hall–Kier alpha value is -2.24. The quantitative estimate of drug-likeness (QED) is 0.544. The van der Waals surface area contributed by atoms with Gasteiger partial charge in [0.1, 0.15) is 5.52 Å². The Morgan fingerprint density at radius 2 is 1.64 bits per heavy atom. The van der Waals surface area contributed by atoms with Gasteiger partial charge in [-0.3, -0.25) is 0 Å². The number of aromatic nitrogens is 3. The van der Waals surface area contributed by atoms with E-state index in [1.54, 1.807) is 4.68 Å². The number of benzene rings is 2. The molecule has 5 heteroatoms. The zero-order chi connectivity index (χ0) is 15.6. The number of rotatable bonds is 4. The average molecular weight is 297 g/mol. The minimum Gasteiger partial charge on any atom is -0.228 e. The van der Waals surface area contributed by atoms with E-state index in [2.05, 4.69) is 10.3 Å². The molecule has 1 heterocycles. The summed E-state index contributed by atoms with van der Waals surface area (Å²) in [4.78, 5) is 11.2. The molecule has 0 saturated carbocycles. The maximum Gasteiger partial charge on any atom is 0.212 e. The van der Waals surface area contributed by atoms with Gasteiger partial charge >= 0.3 is 0 Å². The van der Waals surface area contributed by atoms with Gasteiger partial charge in [-0.25, -0.2) is 14.5 Å². The van der Waals surface area contributed by atoms with Gasteiger partial charge in [-0.2, -0.15) is 0 Å². The van der Waals surface area contributed by atoms with E-state index in [4.69, 9.17) is 9.78 Å². The minimum absolute atomic E-state index is 0.413. The highest BCUT2D eigenvalue weighted by atomic mass is 17.2. The molecule has 3 aromatic rings. The molecule has 0 amide bonds. The molecule has 3 rings (SSSR count). The summed E-state index contributed by atoms with van der Waals surface area (Å²) in [7, 11) is 0. The van der Waals surface area contributed by atoms with E-state index >= 15 is 0 Å². The van der Waals surface area contributed by atoms with Gasteiger partial charge in [-0.05, 0) is 32.9 Å². The molecule has 0 aliphatic rings. The highest BCUT2D eigenvalue weighted by Crippen LogP contribution is 2.25. The highest BCUT2D eigenvalue weighted by Gasteiger charge is 2.22. The Morgan fingerprint density at radius 1 is 0.955 bits per heavy atom. The molecule has 0 fully saturated rings. The number of fused-ring (bicyclic) bond motifs is 1. The zero-order valence-electron chi connectivity index (χ0n) is 12.9. The fraction of sp³-hybridized carbons (Fsp3) is 0.294. The lowest BCUT2D eigenvalue weighted by Crippen LogP contribution is -2.24. The first-order valence-corrected chi connectivity index (χ1v) is 7.24. The normalized spacial score (nSPS) is 13.4. The number of para-hydroxylation sites is 1. The first-order valence-electron chi connectivity index (χ1n) is 7.24. The molecule has 5 nitrogen and oxygen atoms in total. The van der Waals surface area contributed by atoms with Crippen LogP contribution in [0.5, 0.6) is 0 Å². The van der Waals surface area contributed by atoms with Crippen molar-refractivity contribution in [3.05, 3.63) is 60.2 Å². The first kappa shape index (κ1) is 14.7. The van der Waals surface area contributed by atoms with Gasteiger partial charge < -0.3 is 0 Å². The molecule has 1 aromatic heterocycles. The van der Waals surface area contributed by atoms with E-state index in [1.165, 1.54) is 0 Å². The van der Waals surface area contributed by atoms with Crippen LogP contribution < -0.4 is 0 Å². The summed E-state index contributed by atoms with van der Waals surface area (Å²) < 4.78 is 1.73. The third kappa shape index (κ3) is 3.16. The molecule has 1 unspecified atom stereocenters. The summed E-state index contributed by atoms with van der Waals surface area (Å²) in [6, 6.07) is 17.6. The Balaban J connectivity index is 2.01. The predicted molar refractivity (Wildman–Crippen MR) is 84.0 cm³/mol. The smallest absolute Gasteiger partial charge is 0.212 e. The monoisotopic (exact) mass is 297 g/mol. The topological polar surface area (TPSA) is 49.2 Å². The third-order valence-electron chi connectivity index (χ3n) is 3.07. The molecule has 0 N–H and O–H groups in total. The van der Waals surface area contributed by atoms with Crippen LogP contribution in [0.3, 0.4) is 0 Å². The fourth-order valence-electron chi connectivity index (χ4n) is 2.11. The molecule has 0 bridgehead atoms. The van der Waals surface area contributed by atoms with Crippen LogP contribution in [0.25, 0.3) is 11.0 Å². The lowest BCUT2D eigenvalue weighted by Gasteiger charge is -2.23. The van der Waals surface area contributed by atoms with Crippen LogP contribution in [0, 0.1) is 0 Å². The Bertz CT molecular complexity index is 747. The molecule has 0 spiro atoms. The Morgan fingerprint density at radius 3 is 2.36 bits per heavy atom. The largest absolute Gasteiger partial charge is 0.228 e. The van der Waals surface area contributed by atoms with Crippen molar-refractivity contribution >= 4 is 11.0 Å². The molecule has 1 atom stereocenters. The summed E-state index contributed by atoms with van der Waals surface area (Å²) in [6.07, 6.45) is -0.493. The van der Waals surface area contributed by atoms with Gasteiger partial charge in [0, 0.05) is 5.56 Å². The van der Waals surface area contributed by atoms with Gasteiger partial charge in [0.05, 0.1) is 11.1 Å².